The van der Waals surface area contributed by atoms with Crippen LogP contribution in [0.4, 0.5) is 0 Å². The van der Waals surface area contributed by atoms with Gasteiger partial charge in [-0.3, -0.25) is 9.78 Å². The van der Waals surface area contributed by atoms with Crippen LogP contribution in [0.15, 0.2) is 24.4 Å². The second-order valence-electron chi connectivity index (χ2n) is 6.57. The van der Waals surface area contributed by atoms with Crippen molar-refractivity contribution in [3.8, 4) is 0 Å². The van der Waals surface area contributed by atoms with Crippen molar-refractivity contribution in [3.63, 3.8) is 0 Å². The molecule has 1 fully saturated rings. The molecule has 2 N–H and O–H groups in total. The van der Waals surface area contributed by atoms with Crippen molar-refractivity contribution in [2.75, 3.05) is 26.8 Å². The van der Waals surface area contributed by atoms with Crippen LogP contribution in [-0.2, 0) is 16.1 Å². The van der Waals surface area contributed by atoms with Crippen molar-refractivity contribution in [2.45, 2.75) is 45.1 Å². The molecule has 0 atom stereocenters. The first-order valence-corrected chi connectivity index (χ1v) is 8.56. The van der Waals surface area contributed by atoms with Gasteiger partial charge in [0.15, 0.2) is 0 Å². The molecule has 1 aliphatic rings. The first-order chi connectivity index (χ1) is 11.2. The number of aromatic nitrogens is 1. The largest absolute Gasteiger partial charge is 0.383 e. The zero-order valence-electron chi connectivity index (χ0n) is 14.2. The average Bonchev–Trinajstić information content (AvgIpc) is 2.60. The van der Waals surface area contributed by atoms with Gasteiger partial charge in [0.1, 0.15) is 0 Å². The minimum absolute atomic E-state index is 0.00916. The molecule has 1 saturated carbocycles. The highest BCUT2D eigenvalue weighted by Crippen LogP contribution is 2.38. The molecule has 0 aromatic carbocycles. The molecule has 0 spiro atoms. The molecule has 0 radical (unpaired) electrons. The van der Waals surface area contributed by atoms with E-state index in [0.717, 1.165) is 18.5 Å². The maximum absolute atomic E-state index is 12.9. The Hall–Kier alpha value is -1.46. The summed E-state index contributed by atoms with van der Waals surface area (Å²) >= 11 is 0. The minimum atomic E-state index is -0.00916. The quantitative estimate of drug-likeness (QED) is 0.798. The van der Waals surface area contributed by atoms with Crippen LogP contribution in [0.2, 0.25) is 0 Å². The Morgan fingerprint density at radius 1 is 1.35 bits per heavy atom. The van der Waals surface area contributed by atoms with Gasteiger partial charge in [0, 0.05) is 26.3 Å². The Balaban J connectivity index is 2.03. The Morgan fingerprint density at radius 2 is 2.13 bits per heavy atom. The molecule has 1 aliphatic carbocycles. The average molecular weight is 319 g/mol. The lowest BCUT2D eigenvalue weighted by Crippen LogP contribution is -2.41. The van der Waals surface area contributed by atoms with Gasteiger partial charge < -0.3 is 15.4 Å². The Morgan fingerprint density at radius 3 is 2.74 bits per heavy atom. The van der Waals surface area contributed by atoms with E-state index < -0.39 is 0 Å². The highest BCUT2D eigenvalue weighted by atomic mass is 16.5. The summed E-state index contributed by atoms with van der Waals surface area (Å²) in [6, 6.07) is 5.78. The van der Waals surface area contributed by atoms with Gasteiger partial charge in [0.25, 0.3) is 0 Å². The molecular weight excluding hydrogens is 290 g/mol. The lowest BCUT2D eigenvalue weighted by molar-refractivity contribution is -0.135. The predicted molar refractivity (Wildman–Crippen MR) is 90.7 cm³/mol. The Labute approximate surface area is 139 Å². The number of pyridine rings is 1. The lowest BCUT2D eigenvalue weighted by Gasteiger charge is -2.37. The number of methoxy groups -OCH3 is 1. The van der Waals surface area contributed by atoms with Crippen LogP contribution in [0, 0.1) is 5.41 Å². The number of nitrogens with two attached hydrogens (primary N) is 1. The van der Waals surface area contributed by atoms with E-state index in [1.807, 2.05) is 23.1 Å². The Bertz CT molecular complexity index is 472. The third-order valence-corrected chi connectivity index (χ3v) is 4.87. The minimum Gasteiger partial charge on any atom is -0.383 e. The molecule has 5 nitrogen and oxygen atoms in total. The van der Waals surface area contributed by atoms with Gasteiger partial charge >= 0.3 is 0 Å². The number of carbonyl (C=O) groups is 1. The molecule has 0 bridgehead atoms. The summed E-state index contributed by atoms with van der Waals surface area (Å²) in [7, 11) is 1.66. The molecule has 1 aromatic heterocycles. The summed E-state index contributed by atoms with van der Waals surface area (Å²) in [5.41, 5.74) is 6.93. The van der Waals surface area contributed by atoms with E-state index in [1.165, 1.54) is 19.3 Å². The van der Waals surface area contributed by atoms with Crippen LogP contribution in [0.3, 0.4) is 0 Å². The number of hydrogen-bond donors (Lipinski definition) is 1. The van der Waals surface area contributed by atoms with Gasteiger partial charge in [-0.05, 0) is 36.9 Å². The molecule has 0 aliphatic heterocycles. The zero-order chi connectivity index (χ0) is 16.5. The first kappa shape index (κ1) is 17.9. The maximum Gasteiger partial charge on any atom is 0.223 e. The highest BCUT2D eigenvalue weighted by Gasteiger charge is 2.34. The third kappa shape index (κ3) is 5.29. The van der Waals surface area contributed by atoms with Gasteiger partial charge in [-0.2, -0.15) is 0 Å². The summed E-state index contributed by atoms with van der Waals surface area (Å²) in [6.45, 7) is 2.25. The first-order valence-electron chi connectivity index (χ1n) is 8.56. The van der Waals surface area contributed by atoms with E-state index in [2.05, 4.69) is 4.98 Å². The van der Waals surface area contributed by atoms with Crippen LogP contribution in [0.25, 0.3) is 0 Å². The van der Waals surface area contributed by atoms with Crippen molar-refractivity contribution in [1.29, 1.82) is 0 Å². The van der Waals surface area contributed by atoms with E-state index in [4.69, 9.17) is 10.5 Å². The number of nitrogens with zero attached hydrogens (tertiary/aromatic N) is 2. The van der Waals surface area contributed by atoms with Crippen molar-refractivity contribution < 1.29 is 9.53 Å². The van der Waals surface area contributed by atoms with Gasteiger partial charge in [-0.15, -0.1) is 0 Å². The fraction of sp³-hybridized carbons (Fsp3) is 0.667. The molecule has 0 unspecified atom stereocenters. The molecule has 128 valence electrons. The van der Waals surface area contributed by atoms with Crippen molar-refractivity contribution >= 4 is 5.91 Å². The normalized spacial score (nSPS) is 17.0. The van der Waals surface area contributed by atoms with E-state index in [1.54, 1.807) is 13.3 Å². The lowest BCUT2D eigenvalue weighted by atomic mass is 9.71. The van der Waals surface area contributed by atoms with Crippen LogP contribution in [0.1, 0.15) is 44.2 Å². The summed E-state index contributed by atoms with van der Waals surface area (Å²) in [4.78, 5) is 19.1. The molecule has 1 aromatic rings. The summed E-state index contributed by atoms with van der Waals surface area (Å²) in [5.74, 6) is 0.167. The van der Waals surface area contributed by atoms with Gasteiger partial charge in [-0.1, -0.05) is 25.3 Å². The number of carbonyl (C=O) groups excluding carboxylic acids is 1. The van der Waals surface area contributed by atoms with Gasteiger partial charge in [0.05, 0.1) is 18.8 Å². The van der Waals surface area contributed by atoms with Crippen LogP contribution in [-0.4, -0.2) is 42.6 Å². The SMILES string of the molecule is COCCN(Cc1ccccn1)C(=O)CC1(CN)CCCCC1. The number of hydrogen-bond acceptors (Lipinski definition) is 4. The molecule has 1 heterocycles. The standard InChI is InChI=1S/C18H29N3O2/c1-23-12-11-21(14-16-7-3-6-10-20-16)17(22)13-18(15-19)8-4-2-5-9-18/h3,6-7,10H,2,4-5,8-9,11-15,19H2,1H3. The summed E-state index contributed by atoms with van der Waals surface area (Å²) < 4.78 is 5.16. The fourth-order valence-corrected chi connectivity index (χ4v) is 3.37. The molecule has 2 rings (SSSR count). The van der Waals surface area contributed by atoms with Crippen LogP contribution >= 0.6 is 0 Å². The Kier molecular flexibility index (Phi) is 6.99. The monoisotopic (exact) mass is 319 g/mol. The molecule has 1 amide bonds. The van der Waals surface area contributed by atoms with E-state index in [0.29, 0.717) is 32.7 Å². The predicted octanol–water partition coefficient (Wildman–Crippen LogP) is 2.36. The zero-order valence-corrected chi connectivity index (χ0v) is 14.2. The number of amides is 1. The molecular formula is C18H29N3O2. The van der Waals surface area contributed by atoms with E-state index in [9.17, 15) is 4.79 Å². The van der Waals surface area contributed by atoms with Gasteiger partial charge in [-0.25, -0.2) is 0 Å². The third-order valence-electron chi connectivity index (χ3n) is 4.87. The van der Waals surface area contributed by atoms with Crippen molar-refractivity contribution in [2.24, 2.45) is 11.1 Å². The summed E-state index contributed by atoms with van der Waals surface area (Å²) in [5, 5.41) is 0. The molecule has 5 heteroatoms. The molecule has 0 saturated heterocycles. The summed E-state index contributed by atoms with van der Waals surface area (Å²) in [6.07, 6.45) is 8.06. The molecule has 23 heavy (non-hydrogen) atoms. The van der Waals surface area contributed by atoms with E-state index in [-0.39, 0.29) is 11.3 Å². The maximum atomic E-state index is 12.9. The smallest absolute Gasteiger partial charge is 0.223 e. The van der Waals surface area contributed by atoms with Crippen molar-refractivity contribution in [3.05, 3.63) is 30.1 Å². The van der Waals surface area contributed by atoms with Crippen molar-refractivity contribution in [1.82, 2.24) is 9.88 Å². The van der Waals surface area contributed by atoms with Crippen LogP contribution in [0.5, 0.6) is 0 Å². The number of ether oxygens (including phenoxy) is 1. The van der Waals surface area contributed by atoms with Crippen LogP contribution < -0.4 is 5.73 Å². The van der Waals surface area contributed by atoms with Gasteiger partial charge in [0.2, 0.25) is 5.91 Å². The fourth-order valence-electron chi connectivity index (χ4n) is 3.37. The highest BCUT2D eigenvalue weighted by molar-refractivity contribution is 5.77. The second kappa shape index (κ2) is 8.99. The second-order valence-corrected chi connectivity index (χ2v) is 6.57. The van der Waals surface area contributed by atoms with E-state index >= 15 is 0 Å². The topological polar surface area (TPSA) is 68.5 Å². The number of rotatable bonds is 8.